The molecule has 2 amide bonds. The van der Waals surface area contributed by atoms with Gasteiger partial charge in [-0.3, -0.25) is 9.59 Å². The Morgan fingerprint density at radius 1 is 0.967 bits per heavy atom. The van der Waals surface area contributed by atoms with E-state index in [9.17, 15) is 18.4 Å². The second-order valence-electron chi connectivity index (χ2n) is 7.46. The quantitative estimate of drug-likeness (QED) is 0.714. The van der Waals surface area contributed by atoms with Gasteiger partial charge >= 0.3 is 6.61 Å². The summed E-state index contributed by atoms with van der Waals surface area (Å²) < 4.78 is 29.7. The van der Waals surface area contributed by atoms with Gasteiger partial charge in [0.1, 0.15) is 5.75 Å². The Morgan fingerprint density at radius 2 is 1.60 bits per heavy atom. The van der Waals surface area contributed by atoms with Crippen LogP contribution in [0.2, 0.25) is 5.02 Å². The Hall–Kier alpha value is -2.67. The van der Waals surface area contributed by atoms with Crippen LogP contribution < -0.4 is 4.74 Å². The van der Waals surface area contributed by atoms with Crippen molar-refractivity contribution < 1.29 is 23.1 Å². The largest absolute Gasteiger partial charge is 0.434 e. The van der Waals surface area contributed by atoms with Gasteiger partial charge in [-0.15, -0.1) is 0 Å². The predicted molar refractivity (Wildman–Crippen MR) is 108 cm³/mol. The number of carbonyl (C=O) groups excluding carboxylic acids is 2. The monoisotopic (exact) mass is 434 g/mol. The maximum absolute atomic E-state index is 12.9. The average molecular weight is 435 g/mol. The van der Waals surface area contributed by atoms with Gasteiger partial charge in [-0.25, -0.2) is 0 Å². The predicted octanol–water partition coefficient (Wildman–Crippen LogP) is 4.03. The van der Waals surface area contributed by atoms with Crippen LogP contribution in [0.5, 0.6) is 5.75 Å². The fourth-order valence-corrected chi connectivity index (χ4v) is 4.24. The van der Waals surface area contributed by atoms with Gasteiger partial charge in [0.2, 0.25) is 5.91 Å². The molecule has 0 radical (unpaired) electrons. The topological polar surface area (TPSA) is 49.9 Å². The second-order valence-corrected chi connectivity index (χ2v) is 7.87. The van der Waals surface area contributed by atoms with E-state index in [1.807, 2.05) is 24.3 Å². The number of hydrogen-bond donors (Lipinski definition) is 0. The molecule has 2 aliphatic rings. The summed E-state index contributed by atoms with van der Waals surface area (Å²) in [6.07, 6.45) is 0.778. The highest BCUT2D eigenvalue weighted by Crippen LogP contribution is 2.50. The first-order chi connectivity index (χ1) is 14.5. The number of benzene rings is 2. The number of halogens is 3. The van der Waals surface area contributed by atoms with Gasteiger partial charge in [-0.05, 0) is 36.1 Å². The van der Waals surface area contributed by atoms with Gasteiger partial charge in [0, 0.05) is 37.1 Å². The molecule has 2 aromatic carbocycles. The lowest BCUT2D eigenvalue weighted by Crippen LogP contribution is -2.51. The molecule has 5 nitrogen and oxygen atoms in total. The third kappa shape index (κ3) is 4.26. The molecule has 2 fully saturated rings. The van der Waals surface area contributed by atoms with Crippen LogP contribution in [-0.4, -0.2) is 54.4 Å². The number of alkyl halides is 2. The maximum Gasteiger partial charge on any atom is 0.387 e. The van der Waals surface area contributed by atoms with Crippen LogP contribution in [-0.2, 0) is 4.79 Å². The Labute approximate surface area is 178 Å². The van der Waals surface area contributed by atoms with Crippen molar-refractivity contribution >= 4 is 23.4 Å². The summed E-state index contributed by atoms with van der Waals surface area (Å²) >= 11 is 6.25. The summed E-state index contributed by atoms with van der Waals surface area (Å²) in [7, 11) is 0. The lowest BCUT2D eigenvalue weighted by Gasteiger charge is -2.35. The normalized spacial score (nSPS) is 20.9. The third-order valence-electron chi connectivity index (χ3n) is 5.62. The van der Waals surface area contributed by atoms with Crippen LogP contribution in [0.3, 0.4) is 0 Å². The molecule has 4 rings (SSSR count). The van der Waals surface area contributed by atoms with E-state index in [0.717, 1.165) is 12.0 Å². The van der Waals surface area contributed by atoms with Crippen molar-refractivity contribution in [1.82, 2.24) is 9.80 Å². The van der Waals surface area contributed by atoms with Gasteiger partial charge < -0.3 is 14.5 Å². The first-order valence-corrected chi connectivity index (χ1v) is 10.2. The number of nitrogens with zero attached hydrogens (tertiary/aromatic N) is 2. The third-order valence-corrected chi connectivity index (χ3v) is 5.97. The fraction of sp³-hybridized carbons (Fsp3) is 0.364. The van der Waals surface area contributed by atoms with E-state index in [1.54, 1.807) is 15.9 Å². The van der Waals surface area contributed by atoms with Crippen molar-refractivity contribution in [2.45, 2.75) is 19.0 Å². The zero-order valence-electron chi connectivity index (χ0n) is 16.1. The van der Waals surface area contributed by atoms with Crippen LogP contribution in [0.25, 0.3) is 0 Å². The van der Waals surface area contributed by atoms with E-state index in [1.165, 1.54) is 18.2 Å². The van der Waals surface area contributed by atoms with E-state index in [4.69, 9.17) is 11.6 Å². The van der Waals surface area contributed by atoms with Crippen molar-refractivity contribution in [1.29, 1.82) is 0 Å². The van der Waals surface area contributed by atoms with E-state index < -0.39 is 6.61 Å². The molecule has 0 spiro atoms. The van der Waals surface area contributed by atoms with Crippen molar-refractivity contribution in [3.8, 4) is 5.75 Å². The highest BCUT2D eigenvalue weighted by Gasteiger charge is 2.47. The van der Waals surface area contributed by atoms with Crippen LogP contribution in [0.1, 0.15) is 28.3 Å². The minimum atomic E-state index is -3.00. The van der Waals surface area contributed by atoms with Gasteiger partial charge in [0.05, 0.1) is 5.56 Å². The molecule has 0 aromatic heterocycles. The smallest absolute Gasteiger partial charge is 0.387 e. The minimum Gasteiger partial charge on any atom is -0.434 e. The van der Waals surface area contributed by atoms with Crippen LogP contribution in [0.15, 0.2) is 48.5 Å². The molecule has 2 aromatic rings. The van der Waals surface area contributed by atoms with Gasteiger partial charge in [-0.2, -0.15) is 8.78 Å². The second kappa shape index (κ2) is 8.60. The van der Waals surface area contributed by atoms with Crippen molar-refractivity contribution in [3.05, 3.63) is 64.7 Å². The molecule has 2 atom stereocenters. The summed E-state index contributed by atoms with van der Waals surface area (Å²) in [5.74, 6) is -0.375. The van der Waals surface area contributed by atoms with E-state index in [-0.39, 0.29) is 35.0 Å². The number of rotatable bonds is 5. The summed E-state index contributed by atoms with van der Waals surface area (Å²) in [5.41, 5.74) is 1.10. The average Bonchev–Trinajstić information content (AvgIpc) is 3.54. The van der Waals surface area contributed by atoms with Gasteiger partial charge in [-0.1, -0.05) is 41.9 Å². The Morgan fingerprint density at radius 3 is 2.30 bits per heavy atom. The number of piperazine rings is 1. The number of hydrogen-bond acceptors (Lipinski definition) is 3. The summed E-state index contributed by atoms with van der Waals surface area (Å²) in [6, 6.07) is 13.5. The zero-order chi connectivity index (χ0) is 21.3. The SMILES string of the molecule is O=C(c1ccccc1OC(F)F)N1CCN(C(=O)C2CC2c2ccccc2Cl)CC1. The van der Waals surface area contributed by atoms with E-state index in [2.05, 4.69) is 4.74 Å². The van der Waals surface area contributed by atoms with E-state index in [0.29, 0.717) is 31.2 Å². The van der Waals surface area contributed by atoms with Crippen LogP contribution >= 0.6 is 11.6 Å². The molecular formula is C22H21ClF2N2O3. The molecular weight excluding hydrogens is 414 g/mol. The van der Waals surface area contributed by atoms with Gasteiger partial charge in [0.15, 0.2) is 0 Å². The lowest BCUT2D eigenvalue weighted by atomic mass is 10.1. The maximum atomic E-state index is 12.9. The molecule has 2 unspecified atom stereocenters. The van der Waals surface area contributed by atoms with Crippen LogP contribution in [0, 0.1) is 5.92 Å². The highest BCUT2D eigenvalue weighted by molar-refractivity contribution is 6.31. The molecule has 0 N–H and O–H groups in total. The Balaban J connectivity index is 1.35. The first kappa shape index (κ1) is 20.6. The molecule has 30 heavy (non-hydrogen) atoms. The molecule has 1 aliphatic carbocycles. The lowest BCUT2D eigenvalue weighted by molar-refractivity contribution is -0.134. The molecule has 0 bridgehead atoms. The first-order valence-electron chi connectivity index (χ1n) is 9.82. The fourth-order valence-electron chi connectivity index (χ4n) is 3.96. The molecule has 1 saturated heterocycles. The molecule has 8 heteroatoms. The van der Waals surface area contributed by atoms with E-state index >= 15 is 0 Å². The summed E-state index contributed by atoms with van der Waals surface area (Å²) in [6.45, 7) is -1.49. The molecule has 1 heterocycles. The number of ether oxygens (including phenoxy) is 1. The number of carbonyl (C=O) groups is 2. The summed E-state index contributed by atoms with van der Waals surface area (Å²) in [4.78, 5) is 29.0. The highest BCUT2D eigenvalue weighted by atomic mass is 35.5. The number of para-hydroxylation sites is 1. The minimum absolute atomic E-state index is 0.0766. The Kier molecular flexibility index (Phi) is 5.90. The van der Waals surface area contributed by atoms with Crippen molar-refractivity contribution in [2.75, 3.05) is 26.2 Å². The molecule has 158 valence electrons. The Bertz CT molecular complexity index is 947. The van der Waals surface area contributed by atoms with Crippen LogP contribution in [0.4, 0.5) is 8.78 Å². The zero-order valence-corrected chi connectivity index (χ0v) is 16.9. The summed E-state index contributed by atoms with van der Waals surface area (Å²) in [5, 5.41) is 0.679. The standard InChI is InChI=1S/C22H21ClF2N2O3/c23-18-7-3-1-5-14(18)16-13-17(16)21(29)27-11-9-26(10-12-27)20(28)15-6-2-4-8-19(15)30-22(24)25/h1-8,16-17,22H,9-13H2. The van der Waals surface area contributed by atoms with Crippen molar-refractivity contribution in [2.24, 2.45) is 5.92 Å². The molecule has 1 saturated carbocycles. The van der Waals surface area contributed by atoms with Crippen molar-refractivity contribution in [3.63, 3.8) is 0 Å². The molecule has 1 aliphatic heterocycles. The van der Waals surface area contributed by atoms with Gasteiger partial charge in [0.25, 0.3) is 5.91 Å². The number of amides is 2.